The first-order valence-electron chi connectivity index (χ1n) is 7.45. The van der Waals surface area contributed by atoms with E-state index in [4.69, 9.17) is 5.26 Å². The zero-order valence-corrected chi connectivity index (χ0v) is 14.5. The van der Waals surface area contributed by atoms with E-state index in [1.807, 2.05) is 6.07 Å². The molecule has 120 valence electrons. The van der Waals surface area contributed by atoms with E-state index in [-0.39, 0.29) is 17.0 Å². The maximum absolute atomic E-state index is 12.7. The molecule has 1 aromatic carbocycles. The highest BCUT2D eigenvalue weighted by atomic mass is 32.2. The van der Waals surface area contributed by atoms with E-state index in [0.29, 0.717) is 0 Å². The number of fused-ring (bicyclic) bond motifs is 1. The standard InChI is InChI=1S/C16H17N3O2S2/c1-19(11-16-18-13-7-3-4-8-14(13)22-16)23(20,21)15-9-5-2-6-12(15)10-17/h2,5-6,9H,3-4,7-8,11H2,1H3. The summed E-state index contributed by atoms with van der Waals surface area (Å²) in [7, 11) is -2.17. The third-order valence-electron chi connectivity index (χ3n) is 3.94. The Bertz CT molecular complexity index is 842. The van der Waals surface area contributed by atoms with Gasteiger partial charge in [0.25, 0.3) is 0 Å². The molecular weight excluding hydrogens is 330 g/mol. The number of aryl methyl sites for hydroxylation is 2. The van der Waals surface area contributed by atoms with Gasteiger partial charge in [0.15, 0.2) is 0 Å². The zero-order valence-electron chi connectivity index (χ0n) is 12.8. The lowest BCUT2D eigenvalue weighted by Gasteiger charge is -2.16. The summed E-state index contributed by atoms with van der Waals surface area (Å²) >= 11 is 1.60. The Labute approximate surface area is 140 Å². The van der Waals surface area contributed by atoms with Crippen LogP contribution >= 0.6 is 11.3 Å². The number of hydrogen-bond donors (Lipinski definition) is 0. The fourth-order valence-corrected chi connectivity index (χ4v) is 5.26. The highest BCUT2D eigenvalue weighted by molar-refractivity contribution is 7.89. The molecule has 0 radical (unpaired) electrons. The molecule has 7 heteroatoms. The minimum Gasteiger partial charge on any atom is -0.245 e. The minimum absolute atomic E-state index is 0.0475. The normalized spacial score (nSPS) is 14.5. The predicted molar refractivity (Wildman–Crippen MR) is 88.6 cm³/mol. The van der Waals surface area contributed by atoms with Crippen LogP contribution in [0.5, 0.6) is 0 Å². The van der Waals surface area contributed by atoms with Gasteiger partial charge in [-0.25, -0.2) is 13.4 Å². The molecule has 3 rings (SSSR count). The Kier molecular flexibility index (Phi) is 4.48. The van der Waals surface area contributed by atoms with Crippen LogP contribution in [0.2, 0.25) is 0 Å². The third-order valence-corrected chi connectivity index (χ3v) is 6.95. The first-order valence-corrected chi connectivity index (χ1v) is 9.71. The maximum Gasteiger partial charge on any atom is 0.244 e. The number of benzene rings is 1. The summed E-state index contributed by atoms with van der Waals surface area (Å²) in [5.41, 5.74) is 1.29. The van der Waals surface area contributed by atoms with Crippen molar-refractivity contribution < 1.29 is 8.42 Å². The van der Waals surface area contributed by atoms with Gasteiger partial charge in [0.05, 0.1) is 22.7 Å². The van der Waals surface area contributed by atoms with Gasteiger partial charge < -0.3 is 0 Å². The van der Waals surface area contributed by atoms with Gasteiger partial charge in [0, 0.05) is 11.9 Å². The lowest BCUT2D eigenvalue weighted by Crippen LogP contribution is -2.27. The molecule has 0 bridgehead atoms. The van der Waals surface area contributed by atoms with Crippen LogP contribution in [0, 0.1) is 11.3 Å². The van der Waals surface area contributed by atoms with Gasteiger partial charge in [0.2, 0.25) is 10.0 Å². The summed E-state index contributed by atoms with van der Waals surface area (Å²) < 4.78 is 26.7. The van der Waals surface area contributed by atoms with Crippen molar-refractivity contribution in [1.82, 2.24) is 9.29 Å². The molecule has 23 heavy (non-hydrogen) atoms. The quantitative estimate of drug-likeness (QED) is 0.852. The highest BCUT2D eigenvalue weighted by Crippen LogP contribution is 2.28. The molecule has 1 aliphatic rings. The van der Waals surface area contributed by atoms with Crippen molar-refractivity contribution >= 4 is 21.4 Å². The van der Waals surface area contributed by atoms with Crippen LogP contribution in [0.3, 0.4) is 0 Å². The van der Waals surface area contributed by atoms with Gasteiger partial charge in [-0.15, -0.1) is 11.3 Å². The van der Waals surface area contributed by atoms with Crippen LogP contribution in [0.25, 0.3) is 0 Å². The lowest BCUT2D eigenvalue weighted by atomic mass is 10.0. The number of rotatable bonds is 4. The first-order chi connectivity index (χ1) is 11.0. The molecule has 1 aromatic heterocycles. The van der Waals surface area contributed by atoms with Gasteiger partial charge in [-0.3, -0.25) is 0 Å². The molecule has 1 heterocycles. The van der Waals surface area contributed by atoms with Crippen LogP contribution < -0.4 is 0 Å². The average molecular weight is 347 g/mol. The van der Waals surface area contributed by atoms with E-state index in [9.17, 15) is 8.42 Å². The van der Waals surface area contributed by atoms with Crippen molar-refractivity contribution in [3.8, 4) is 6.07 Å². The Morgan fingerprint density at radius 1 is 1.30 bits per heavy atom. The summed E-state index contributed by atoms with van der Waals surface area (Å²) in [5, 5.41) is 9.94. The summed E-state index contributed by atoms with van der Waals surface area (Å²) in [6.07, 6.45) is 4.36. The molecule has 0 saturated carbocycles. The lowest BCUT2D eigenvalue weighted by molar-refractivity contribution is 0.465. The van der Waals surface area contributed by atoms with Crippen molar-refractivity contribution in [3.05, 3.63) is 45.4 Å². The van der Waals surface area contributed by atoms with E-state index in [1.165, 1.54) is 34.8 Å². The Hall–Kier alpha value is -1.75. The largest absolute Gasteiger partial charge is 0.245 e. The second kappa shape index (κ2) is 6.40. The predicted octanol–water partition coefficient (Wildman–Crippen LogP) is 2.71. The molecule has 2 aromatic rings. The van der Waals surface area contributed by atoms with Gasteiger partial charge in [-0.1, -0.05) is 12.1 Å². The molecule has 0 N–H and O–H groups in total. The number of hydrogen-bond acceptors (Lipinski definition) is 5. The number of thiazole rings is 1. The SMILES string of the molecule is CN(Cc1nc2c(s1)CCCC2)S(=O)(=O)c1ccccc1C#N. The molecule has 0 atom stereocenters. The van der Waals surface area contributed by atoms with Crippen molar-refractivity contribution in [3.63, 3.8) is 0 Å². The highest BCUT2D eigenvalue weighted by Gasteiger charge is 2.25. The van der Waals surface area contributed by atoms with Gasteiger partial charge in [-0.05, 0) is 37.8 Å². The zero-order chi connectivity index (χ0) is 16.4. The number of nitriles is 1. The van der Waals surface area contributed by atoms with Crippen LogP contribution in [0.15, 0.2) is 29.2 Å². The summed E-state index contributed by atoms with van der Waals surface area (Å²) in [6, 6.07) is 8.22. The van der Waals surface area contributed by atoms with Crippen molar-refractivity contribution in [2.24, 2.45) is 0 Å². The van der Waals surface area contributed by atoms with Crippen LogP contribution in [-0.4, -0.2) is 24.8 Å². The van der Waals surface area contributed by atoms with E-state index in [1.54, 1.807) is 23.5 Å². The van der Waals surface area contributed by atoms with Crippen LogP contribution in [0.4, 0.5) is 0 Å². The van der Waals surface area contributed by atoms with Crippen LogP contribution in [0.1, 0.15) is 34.0 Å². The summed E-state index contributed by atoms with van der Waals surface area (Å²) in [5.74, 6) is 0. The van der Waals surface area contributed by atoms with Crippen LogP contribution in [-0.2, 0) is 29.4 Å². The summed E-state index contributed by atoms with van der Waals surface area (Å²) in [4.78, 5) is 5.92. The van der Waals surface area contributed by atoms with E-state index < -0.39 is 10.0 Å². The molecule has 0 aliphatic heterocycles. The monoisotopic (exact) mass is 347 g/mol. The molecule has 0 spiro atoms. The molecule has 1 aliphatic carbocycles. The molecule has 0 unspecified atom stereocenters. The number of aromatic nitrogens is 1. The van der Waals surface area contributed by atoms with E-state index in [2.05, 4.69) is 4.98 Å². The van der Waals surface area contributed by atoms with Gasteiger partial charge >= 0.3 is 0 Å². The fraction of sp³-hybridized carbons (Fsp3) is 0.375. The molecular formula is C16H17N3O2S2. The topological polar surface area (TPSA) is 74.1 Å². The molecule has 0 fully saturated rings. The Balaban J connectivity index is 1.86. The third kappa shape index (κ3) is 3.15. The minimum atomic E-state index is -3.70. The Morgan fingerprint density at radius 2 is 2.04 bits per heavy atom. The molecule has 0 saturated heterocycles. The van der Waals surface area contributed by atoms with Crippen molar-refractivity contribution in [2.75, 3.05) is 7.05 Å². The van der Waals surface area contributed by atoms with E-state index in [0.717, 1.165) is 30.0 Å². The molecule has 0 amide bonds. The maximum atomic E-state index is 12.7. The van der Waals surface area contributed by atoms with Crippen molar-refractivity contribution in [2.45, 2.75) is 37.1 Å². The van der Waals surface area contributed by atoms with Gasteiger partial charge in [-0.2, -0.15) is 9.57 Å². The number of nitrogens with zero attached hydrogens (tertiary/aromatic N) is 3. The summed E-state index contributed by atoms with van der Waals surface area (Å²) in [6.45, 7) is 0.236. The molecule has 5 nitrogen and oxygen atoms in total. The fourth-order valence-electron chi connectivity index (χ4n) is 2.70. The van der Waals surface area contributed by atoms with Gasteiger partial charge in [0.1, 0.15) is 11.1 Å². The van der Waals surface area contributed by atoms with Crippen molar-refractivity contribution in [1.29, 1.82) is 5.26 Å². The number of sulfonamides is 1. The first kappa shape index (κ1) is 16.1. The second-order valence-corrected chi connectivity index (χ2v) is 8.74. The van der Waals surface area contributed by atoms with E-state index >= 15 is 0 Å². The smallest absolute Gasteiger partial charge is 0.244 e. The second-order valence-electron chi connectivity index (χ2n) is 5.55. The average Bonchev–Trinajstić information content (AvgIpc) is 2.96. The Morgan fingerprint density at radius 3 is 2.78 bits per heavy atom.